The highest BCUT2D eigenvalue weighted by Crippen LogP contribution is 2.19. The second-order valence-corrected chi connectivity index (χ2v) is 6.10. The summed E-state index contributed by atoms with van der Waals surface area (Å²) in [6.45, 7) is 1.79. The zero-order chi connectivity index (χ0) is 14.6. The van der Waals surface area contributed by atoms with Crippen molar-refractivity contribution in [3.63, 3.8) is 0 Å². The highest BCUT2D eigenvalue weighted by Gasteiger charge is 2.15. The molecule has 0 aliphatic rings. The lowest BCUT2D eigenvalue weighted by molar-refractivity contribution is 0.280. The highest BCUT2D eigenvalue weighted by molar-refractivity contribution is 7.92. The molecule has 0 aromatic heterocycles. The summed E-state index contributed by atoms with van der Waals surface area (Å²) in [6, 6.07) is 13.5. The fraction of sp³-hybridized carbons (Fsp3) is 0.200. The lowest BCUT2D eigenvalue weighted by Gasteiger charge is -2.11. The van der Waals surface area contributed by atoms with E-state index in [4.69, 9.17) is 0 Å². The number of aliphatic hydroxyl groups excluding tert-OH is 1. The van der Waals surface area contributed by atoms with Crippen molar-refractivity contribution in [1.82, 2.24) is 0 Å². The first kappa shape index (κ1) is 14.6. The van der Waals surface area contributed by atoms with Crippen LogP contribution < -0.4 is 4.72 Å². The summed E-state index contributed by atoms with van der Waals surface area (Å²) < 4.78 is 27.1. The SMILES string of the molecule is CCc1ccc(S(=O)(=O)Nc2ccccc2)cc1CO. The van der Waals surface area contributed by atoms with Crippen molar-refractivity contribution < 1.29 is 13.5 Å². The molecule has 0 spiro atoms. The molecule has 0 heterocycles. The van der Waals surface area contributed by atoms with Gasteiger partial charge in [-0.05, 0) is 41.8 Å². The molecule has 0 bridgehead atoms. The molecule has 0 atom stereocenters. The molecule has 0 unspecified atom stereocenters. The van der Waals surface area contributed by atoms with Crippen molar-refractivity contribution in [3.8, 4) is 0 Å². The molecular weight excluding hydrogens is 274 g/mol. The highest BCUT2D eigenvalue weighted by atomic mass is 32.2. The number of para-hydroxylation sites is 1. The van der Waals surface area contributed by atoms with E-state index in [-0.39, 0.29) is 11.5 Å². The van der Waals surface area contributed by atoms with E-state index in [1.54, 1.807) is 36.4 Å². The first-order valence-electron chi connectivity index (χ1n) is 6.37. The number of rotatable bonds is 5. The molecule has 0 aliphatic carbocycles. The van der Waals surface area contributed by atoms with E-state index in [0.29, 0.717) is 11.3 Å². The Kier molecular flexibility index (Phi) is 4.42. The van der Waals surface area contributed by atoms with Gasteiger partial charge in [-0.25, -0.2) is 8.42 Å². The van der Waals surface area contributed by atoms with Crippen molar-refractivity contribution >= 4 is 15.7 Å². The lowest BCUT2D eigenvalue weighted by atomic mass is 10.1. The summed E-state index contributed by atoms with van der Waals surface area (Å²) in [4.78, 5) is 0.155. The van der Waals surface area contributed by atoms with E-state index in [1.165, 1.54) is 6.07 Å². The standard InChI is InChI=1S/C15H17NO3S/c1-2-12-8-9-15(10-13(12)11-17)20(18,19)16-14-6-4-3-5-7-14/h3-10,16-17H,2,11H2,1H3. The number of aryl methyl sites for hydroxylation is 1. The summed E-state index contributed by atoms with van der Waals surface area (Å²) in [5.74, 6) is 0. The Morgan fingerprint density at radius 2 is 1.75 bits per heavy atom. The minimum absolute atomic E-state index is 0.155. The van der Waals surface area contributed by atoms with E-state index in [9.17, 15) is 13.5 Å². The monoisotopic (exact) mass is 291 g/mol. The molecule has 0 fully saturated rings. The van der Waals surface area contributed by atoms with Gasteiger partial charge in [0.2, 0.25) is 0 Å². The normalized spacial score (nSPS) is 11.3. The van der Waals surface area contributed by atoms with Crippen LogP contribution in [-0.2, 0) is 23.1 Å². The van der Waals surface area contributed by atoms with E-state index in [1.807, 2.05) is 13.0 Å². The fourth-order valence-electron chi connectivity index (χ4n) is 1.98. The number of anilines is 1. The Labute approximate surface area is 119 Å². The quantitative estimate of drug-likeness (QED) is 0.889. The van der Waals surface area contributed by atoms with Crippen LogP contribution in [0.15, 0.2) is 53.4 Å². The first-order valence-corrected chi connectivity index (χ1v) is 7.85. The predicted molar refractivity (Wildman–Crippen MR) is 79.0 cm³/mol. The summed E-state index contributed by atoms with van der Waals surface area (Å²) in [6.07, 6.45) is 0.752. The summed E-state index contributed by atoms with van der Waals surface area (Å²) in [7, 11) is -3.63. The third kappa shape index (κ3) is 3.18. The molecule has 2 aromatic rings. The van der Waals surface area contributed by atoms with Gasteiger partial charge in [-0.15, -0.1) is 0 Å². The van der Waals surface area contributed by atoms with Crippen LogP contribution in [0.4, 0.5) is 5.69 Å². The molecule has 2 rings (SSSR count). The van der Waals surface area contributed by atoms with E-state index in [2.05, 4.69) is 4.72 Å². The van der Waals surface area contributed by atoms with Gasteiger partial charge in [-0.2, -0.15) is 0 Å². The van der Waals surface area contributed by atoms with E-state index >= 15 is 0 Å². The third-order valence-corrected chi connectivity index (χ3v) is 4.44. The maximum Gasteiger partial charge on any atom is 0.261 e. The molecule has 4 nitrogen and oxygen atoms in total. The predicted octanol–water partition coefficient (Wildman–Crippen LogP) is 2.54. The smallest absolute Gasteiger partial charge is 0.261 e. The second-order valence-electron chi connectivity index (χ2n) is 4.41. The summed E-state index contributed by atoms with van der Waals surface area (Å²) in [5, 5.41) is 9.31. The molecule has 2 aromatic carbocycles. The first-order chi connectivity index (χ1) is 9.56. The van der Waals surface area contributed by atoms with Crippen molar-refractivity contribution in [1.29, 1.82) is 0 Å². The van der Waals surface area contributed by atoms with Crippen molar-refractivity contribution in [2.75, 3.05) is 4.72 Å². The Balaban J connectivity index is 2.35. The summed E-state index contributed by atoms with van der Waals surface area (Å²) >= 11 is 0. The molecule has 5 heteroatoms. The van der Waals surface area contributed by atoms with Crippen LogP contribution in [0.5, 0.6) is 0 Å². The number of nitrogens with one attached hydrogen (secondary N) is 1. The minimum Gasteiger partial charge on any atom is -0.392 e. The van der Waals surface area contributed by atoms with Gasteiger partial charge in [-0.1, -0.05) is 31.2 Å². The lowest BCUT2D eigenvalue weighted by Crippen LogP contribution is -2.13. The fourth-order valence-corrected chi connectivity index (χ4v) is 3.09. The molecular formula is C15H17NO3S. The molecule has 106 valence electrons. The van der Waals surface area contributed by atoms with Crippen molar-refractivity contribution in [2.24, 2.45) is 0 Å². The molecule has 2 N–H and O–H groups in total. The van der Waals surface area contributed by atoms with Crippen LogP contribution in [0.1, 0.15) is 18.1 Å². The molecule has 0 aliphatic heterocycles. The average molecular weight is 291 g/mol. The Hall–Kier alpha value is -1.85. The Morgan fingerprint density at radius 1 is 1.05 bits per heavy atom. The third-order valence-electron chi connectivity index (χ3n) is 3.07. The number of hydrogen-bond acceptors (Lipinski definition) is 3. The van der Waals surface area contributed by atoms with Crippen LogP contribution in [0, 0.1) is 0 Å². The van der Waals surface area contributed by atoms with Crippen LogP contribution in [0.3, 0.4) is 0 Å². The van der Waals surface area contributed by atoms with Crippen LogP contribution in [0.2, 0.25) is 0 Å². The van der Waals surface area contributed by atoms with Crippen LogP contribution >= 0.6 is 0 Å². The van der Waals surface area contributed by atoms with Gasteiger partial charge >= 0.3 is 0 Å². The average Bonchev–Trinajstić information content (AvgIpc) is 2.47. The van der Waals surface area contributed by atoms with Gasteiger partial charge in [0.05, 0.1) is 11.5 Å². The summed E-state index contributed by atoms with van der Waals surface area (Å²) in [5.41, 5.74) is 2.10. The van der Waals surface area contributed by atoms with Crippen molar-refractivity contribution in [3.05, 3.63) is 59.7 Å². The van der Waals surface area contributed by atoms with Gasteiger partial charge < -0.3 is 5.11 Å². The van der Waals surface area contributed by atoms with Gasteiger partial charge in [0.15, 0.2) is 0 Å². The minimum atomic E-state index is -3.63. The number of aliphatic hydroxyl groups is 1. The molecule has 0 saturated carbocycles. The van der Waals surface area contributed by atoms with E-state index in [0.717, 1.165) is 12.0 Å². The largest absolute Gasteiger partial charge is 0.392 e. The molecule has 0 amide bonds. The molecule has 0 saturated heterocycles. The van der Waals surface area contributed by atoms with Gasteiger partial charge in [-0.3, -0.25) is 4.72 Å². The second kappa shape index (κ2) is 6.07. The molecule has 0 radical (unpaired) electrons. The zero-order valence-corrected chi connectivity index (χ0v) is 12.0. The van der Waals surface area contributed by atoms with Gasteiger partial charge in [0.25, 0.3) is 10.0 Å². The Bertz CT molecular complexity index is 682. The zero-order valence-electron chi connectivity index (χ0n) is 11.2. The van der Waals surface area contributed by atoms with Gasteiger partial charge in [0.1, 0.15) is 0 Å². The molecule has 20 heavy (non-hydrogen) atoms. The van der Waals surface area contributed by atoms with E-state index < -0.39 is 10.0 Å². The number of benzene rings is 2. The van der Waals surface area contributed by atoms with Crippen molar-refractivity contribution in [2.45, 2.75) is 24.8 Å². The Morgan fingerprint density at radius 3 is 2.35 bits per heavy atom. The van der Waals surface area contributed by atoms with Crippen LogP contribution in [-0.4, -0.2) is 13.5 Å². The topological polar surface area (TPSA) is 66.4 Å². The maximum absolute atomic E-state index is 12.3. The number of sulfonamides is 1. The maximum atomic E-state index is 12.3. The number of hydrogen-bond donors (Lipinski definition) is 2. The van der Waals surface area contributed by atoms with Crippen LogP contribution in [0.25, 0.3) is 0 Å². The van der Waals surface area contributed by atoms with Gasteiger partial charge in [0, 0.05) is 5.69 Å².